The summed E-state index contributed by atoms with van der Waals surface area (Å²) in [6.45, 7) is 0. The number of hydrogen-bond donors (Lipinski definition) is 1. The first-order valence-corrected chi connectivity index (χ1v) is 11.6. The van der Waals surface area contributed by atoms with Crippen molar-refractivity contribution in [2.24, 2.45) is 0 Å². The molecule has 0 aliphatic carbocycles. The van der Waals surface area contributed by atoms with Gasteiger partial charge in [-0.15, -0.1) is 10.2 Å². The number of thioether (sulfide) groups is 1. The van der Waals surface area contributed by atoms with Crippen LogP contribution < -0.4 is 10.1 Å². The van der Waals surface area contributed by atoms with Gasteiger partial charge in [-0.05, 0) is 60.7 Å². The third-order valence-corrected chi connectivity index (χ3v) is 6.09. The molecule has 6 nitrogen and oxygen atoms in total. The van der Waals surface area contributed by atoms with E-state index in [1.165, 1.54) is 18.2 Å². The molecule has 1 N–H and O–H groups in total. The minimum absolute atomic E-state index is 0.179. The van der Waals surface area contributed by atoms with Gasteiger partial charge >= 0.3 is 6.18 Å². The molecule has 1 amide bonds. The van der Waals surface area contributed by atoms with E-state index in [9.17, 15) is 18.0 Å². The van der Waals surface area contributed by atoms with Crippen LogP contribution in [-0.2, 0) is 11.0 Å². The zero-order valence-electron chi connectivity index (χ0n) is 18.2. The van der Waals surface area contributed by atoms with Crippen molar-refractivity contribution in [3.8, 4) is 22.8 Å². The number of hydrogen-bond acceptors (Lipinski definition) is 5. The first-order chi connectivity index (χ1) is 16.8. The van der Waals surface area contributed by atoms with Gasteiger partial charge in [0, 0.05) is 16.3 Å². The average Bonchev–Trinajstić information content (AvgIpc) is 3.27. The molecule has 4 aromatic rings. The van der Waals surface area contributed by atoms with Gasteiger partial charge in [-0.3, -0.25) is 9.36 Å². The molecule has 0 atom stereocenters. The topological polar surface area (TPSA) is 69.0 Å². The number of methoxy groups -OCH3 is 1. The Morgan fingerprint density at radius 2 is 1.71 bits per heavy atom. The van der Waals surface area contributed by atoms with Crippen molar-refractivity contribution in [2.75, 3.05) is 18.2 Å². The smallest absolute Gasteiger partial charge is 0.418 e. The molecular formula is C24H18ClF3N4O2S. The molecule has 0 spiro atoms. The first kappa shape index (κ1) is 24.6. The fourth-order valence-electron chi connectivity index (χ4n) is 3.27. The Labute approximate surface area is 208 Å². The van der Waals surface area contributed by atoms with E-state index in [1.54, 1.807) is 48.1 Å². The van der Waals surface area contributed by atoms with Crippen molar-refractivity contribution < 1.29 is 22.7 Å². The van der Waals surface area contributed by atoms with E-state index in [4.69, 9.17) is 16.3 Å². The van der Waals surface area contributed by atoms with Gasteiger partial charge in [0.2, 0.25) is 5.91 Å². The van der Waals surface area contributed by atoms with Gasteiger partial charge in [0.1, 0.15) is 5.75 Å². The van der Waals surface area contributed by atoms with Crippen LogP contribution in [0.1, 0.15) is 5.56 Å². The summed E-state index contributed by atoms with van der Waals surface area (Å²) in [5.41, 5.74) is 0.244. The summed E-state index contributed by atoms with van der Waals surface area (Å²) >= 11 is 7.06. The maximum Gasteiger partial charge on any atom is 0.418 e. The first-order valence-electron chi connectivity index (χ1n) is 10.2. The van der Waals surface area contributed by atoms with Crippen LogP contribution in [0, 0.1) is 0 Å². The van der Waals surface area contributed by atoms with Gasteiger partial charge < -0.3 is 10.1 Å². The van der Waals surface area contributed by atoms with Gasteiger partial charge in [0.15, 0.2) is 11.0 Å². The Balaban J connectivity index is 1.60. The van der Waals surface area contributed by atoms with Crippen molar-refractivity contribution in [3.05, 3.63) is 83.4 Å². The van der Waals surface area contributed by atoms with Crippen molar-refractivity contribution in [3.63, 3.8) is 0 Å². The summed E-state index contributed by atoms with van der Waals surface area (Å²) in [6, 6.07) is 19.0. The number of nitrogens with zero attached hydrogens (tertiary/aromatic N) is 3. The van der Waals surface area contributed by atoms with Gasteiger partial charge in [-0.25, -0.2) is 0 Å². The lowest BCUT2D eigenvalue weighted by Gasteiger charge is -2.14. The highest BCUT2D eigenvalue weighted by Crippen LogP contribution is 2.35. The number of alkyl halides is 3. The predicted molar refractivity (Wildman–Crippen MR) is 129 cm³/mol. The molecule has 0 aliphatic heterocycles. The zero-order valence-corrected chi connectivity index (χ0v) is 19.8. The van der Waals surface area contributed by atoms with E-state index in [0.717, 1.165) is 23.4 Å². The average molecular weight is 519 g/mol. The number of para-hydroxylation sites is 1. The number of aromatic nitrogens is 3. The second-order valence-corrected chi connectivity index (χ2v) is 8.61. The fourth-order valence-corrected chi connectivity index (χ4v) is 4.15. The number of anilines is 1. The van der Waals surface area contributed by atoms with Crippen LogP contribution in [0.5, 0.6) is 5.75 Å². The molecule has 1 heterocycles. The number of benzene rings is 3. The summed E-state index contributed by atoms with van der Waals surface area (Å²) in [5.74, 6) is 0.383. The SMILES string of the molecule is COc1ccc(-n2c(SCC(=O)Nc3ccccc3C(F)(F)F)nnc2-c2ccc(Cl)cc2)cc1. The third kappa shape index (κ3) is 5.77. The summed E-state index contributed by atoms with van der Waals surface area (Å²) in [7, 11) is 1.56. The fraction of sp³-hybridized carbons (Fsp3) is 0.125. The molecule has 4 rings (SSSR count). The Morgan fingerprint density at radius 3 is 2.37 bits per heavy atom. The number of carbonyl (C=O) groups excluding carboxylic acids is 1. The molecule has 0 aliphatic rings. The minimum atomic E-state index is -4.58. The molecule has 3 aromatic carbocycles. The minimum Gasteiger partial charge on any atom is -0.497 e. The van der Waals surface area contributed by atoms with Crippen LogP contribution in [0.4, 0.5) is 18.9 Å². The monoisotopic (exact) mass is 518 g/mol. The van der Waals surface area contributed by atoms with E-state index in [-0.39, 0.29) is 11.4 Å². The Bertz CT molecular complexity index is 1330. The predicted octanol–water partition coefficient (Wildman–Crippen LogP) is 6.35. The standard InChI is InChI=1S/C24H18ClF3N4O2S/c1-34-18-12-10-17(11-13-18)32-22(15-6-8-16(25)9-7-15)30-31-23(32)35-14-21(33)29-20-5-3-2-4-19(20)24(26,27)28/h2-13H,14H2,1H3,(H,29,33). The van der Waals surface area contributed by atoms with Crippen molar-refractivity contribution in [2.45, 2.75) is 11.3 Å². The number of amides is 1. The van der Waals surface area contributed by atoms with E-state index in [0.29, 0.717) is 27.4 Å². The van der Waals surface area contributed by atoms with E-state index >= 15 is 0 Å². The highest BCUT2D eigenvalue weighted by molar-refractivity contribution is 7.99. The molecule has 0 bridgehead atoms. The molecule has 11 heteroatoms. The molecule has 0 radical (unpaired) electrons. The number of rotatable bonds is 7. The lowest BCUT2D eigenvalue weighted by Crippen LogP contribution is -2.18. The van der Waals surface area contributed by atoms with Crippen molar-refractivity contribution in [1.29, 1.82) is 0 Å². The molecule has 35 heavy (non-hydrogen) atoms. The zero-order chi connectivity index (χ0) is 25.0. The number of ether oxygens (including phenoxy) is 1. The Kier molecular flexibility index (Phi) is 7.32. The molecule has 0 saturated heterocycles. The normalized spacial score (nSPS) is 11.3. The summed E-state index contributed by atoms with van der Waals surface area (Å²) in [4.78, 5) is 12.5. The molecule has 0 fully saturated rings. The van der Waals surface area contributed by atoms with Crippen LogP contribution in [-0.4, -0.2) is 33.5 Å². The Hall–Kier alpha value is -3.50. The van der Waals surface area contributed by atoms with Gasteiger partial charge in [-0.1, -0.05) is 35.5 Å². The van der Waals surface area contributed by atoms with Crippen LogP contribution in [0.3, 0.4) is 0 Å². The van der Waals surface area contributed by atoms with Crippen LogP contribution >= 0.6 is 23.4 Å². The van der Waals surface area contributed by atoms with Crippen LogP contribution in [0.2, 0.25) is 5.02 Å². The van der Waals surface area contributed by atoms with Crippen molar-refractivity contribution >= 4 is 35.0 Å². The lowest BCUT2D eigenvalue weighted by molar-refractivity contribution is -0.137. The second-order valence-electron chi connectivity index (χ2n) is 7.23. The van der Waals surface area contributed by atoms with Crippen LogP contribution in [0.15, 0.2) is 78.0 Å². The van der Waals surface area contributed by atoms with Crippen molar-refractivity contribution in [1.82, 2.24) is 14.8 Å². The third-order valence-electron chi connectivity index (χ3n) is 4.91. The number of carbonyl (C=O) groups is 1. The Morgan fingerprint density at radius 1 is 1.03 bits per heavy atom. The largest absolute Gasteiger partial charge is 0.497 e. The van der Waals surface area contributed by atoms with Gasteiger partial charge in [-0.2, -0.15) is 13.2 Å². The van der Waals surface area contributed by atoms with E-state index in [1.807, 2.05) is 12.1 Å². The number of nitrogens with one attached hydrogen (secondary N) is 1. The van der Waals surface area contributed by atoms with E-state index in [2.05, 4.69) is 15.5 Å². The van der Waals surface area contributed by atoms with Gasteiger partial charge in [0.25, 0.3) is 0 Å². The quantitative estimate of drug-likeness (QED) is 0.289. The lowest BCUT2D eigenvalue weighted by atomic mass is 10.1. The van der Waals surface area contributed by atoms with E-state index < -0.39 is 17.6 Å². The molecule has 180 valence electrons. The second kappa shape index (κ2) is 10.4. The highest BCUT2D eigenvalue weighted by atomic mass is 35.5. The summed E-state index contributed by atoms with van der Waals surface area (Å²) in [5, 5.41) is 11.8. The van der Waals surface area contributed by atoms with Gasteiger partial charge in [0.05, 0.1) is 24.1 Å². The molecular weight excluding hydrogens is 501 g/mol. The molecule has 0 unspecified atom stereocenters. The molecule has 1 aromatic heterocycles. The van der Waals surface area contributed by atoms with Crippen LogP contribution in [0.25, 0.3) is 17.1 Å². The summed E-state index contributed by atoms with van der Waals surface area (Å²) < 4.78 is 46.7. The maximum atomic E-state index is 13.2. The molecule has 0 saturated carbocycles. The number of halogens is 4. The maximum absolute atomic E-state index is 13.2. The summed E-state index contributed by atoms with van der Waals surface area (Å²) in [6.07, 6.45) is -4.58. The highest BCUT2D eigenvalue weighted by Gasteiger charge is 2.33.